The van der Waals surface area contributed by atoms with Crippen LogP contribution in [0.3, 0.4) is 0 Å². The minimum absolute atomic E-state index is 0.175. The van der Waals surface area contributed by atoms with Gasteiger partial charge < -0.3 is 9.47 Å². The predicted octanol–water partition coefficient (Wildman–Crippen LogP) is 1.45. The highest BCUT2D eigenvalue weighted by Crippen LogP contribution is 2.30. The molecule has 0 bridgehead atoms. The number of hydrazine groups is 1. The Morgan fingerprint density at radius 3 is 2.50 bits per heavy atom. The van der Waals surface area contributed by atoms with Gasteiger partial charge in [0.05, 0.1) is 11.6 Å². The Labute approximate surface area is 98.8 Å². The van der Waals surface area contributed by atoms with Gasteiger partial charge in [-0.15, -0.1) is 0 Å². The van der Waals surface area contributed by atoms with Crippen LogP contribution in [0.5, 0.6) is 0 Å². The molecule has 0 aromatic heterocycles. The Balaban J connectivity index is 2.68. The van der Waals surface area contributed by atoms with E-state index in [1.165, 1.54) is 0 Å². The van der Waals surface area contributed by atoms with Gasteiger partial charge in [-0.05, 0) is 39.0 Å². The molecule has 0 spiro atoms. The summed E-state index contributed by atoms with van der Waals surface area (Å²) >= 11 is 0. The highest BCUT2D eigenvalue weighted by Gasteiger charge is 2.38. The second-order valence-electron chi connectivity index (χ2n) is 4.69. The zero-order valence-electron chi connectivity index (χ0n) is 10.8. The van der Waals surface area contributed by atoms with Gasteiger partial charge in [0.25, 0.3) is 0 Å². The summed E-state index contributed by atoms with van der Waals surface area (Å²) in [6, 6.07) is 0.210. The molecule has 1 rings (SSSR count). The second-order valence-corrected chi connectivity index (χ2v) is 4.69. The molecule has 96 valence electrons. The first-order valence-electron chi connectivity index (χ1n) is 6.35. The number of hydrogen-bond acceptors (Lipinski definition) is 4. The maximum absolute atomic E-state index is 5.90. The van der Waals surface area contributed by atoms with Crippen LogP contribution in [0, 0.1) is 5.92 Å². The zero-order valence-corrected chi connectivity index (χ0v) is 10.8. The van der Waals surface area contributed by atoms with E-state index in [1.54, 1.807) is 0 Å². The predicted molar refractivity (Wildman–Crippen MR) is 65.0 cm³/mol. The first-order valence-corrected chi connectivity index (χ1v) is 6.35. The van der Waals surface area contributed by atoms with E-state index in [1.807, 2.05) is 6.92 Å². The number of hydrogen-bond donors (Lipinski definition) is 2. The van der Waals surface area contributed by atoms with Crippen LogP contribution in [0.1, 0.15) is 40.0 Å². The van der Waals surface area contributed by atoms with Gasteiger partial charge in [-0.2, -0.15) is 0 Å². The van der Waals surface area contributed by atoms with E-state index >= 15 is 0 Å². The van der Waals surface area contributed by atoms with Crippen LogP contribution in [-0.4, -0.2) is 31.5 Å². The van der Waals surface area contributed by atoms with Gasteiger partial charge in [0.2, 0.25) is 0 Å². The van der Waals surface area contributed by atoms with Crippen LogP contribution in [0.2, 0.25) is 0 Å². The van der Waals surface area contributed by atoms with Crippen LogP contribution >= 0.6 is 0 Å². The van der Waals surface area contributed by atoms with Gasteiger partial charge in [0.1, 0.15) is 0 Å². The summed E-state index contributed by atoms with van der Waals surface area (Å²) in [5.74, 6) is 6.28. The van der Waals surface area contributed by atoms with Crippen LogP contribution in [-0.2, 0) is 9.47 Å². The quantitative estimate of drug-likeness (QED) is 0.535. The lowest BCUT2D eigenvalue weighted by molar-refractivity contribution is -0.0820. The fraction of sp³-hybridized carbons (Fsp3) is 1.00. The molecule has 2 atom stereocenters. The molecular weight excluding hydrogens is 204 g/mol. The van der Waals surface area contributed by atoms with Crippen molar-refractivity contribution >= 4 is 0 Å². The van der Waals surface area contributed by atoms with E-state index < -0.39 is 0 Å². The van der Waals surface area contributed by atoms with E-state index in [0.29, 0.717) is 5.92 Å². The largest absolute Gasteiger partial charge is 0.381 e. The van der Waals surface area contributed by atoms with Crippen molar-refractivity contribution in [3.8, 4) is 0 Å². The molecule has 0 aliphatic carbocycles. The zero-order chi connectivity index (χ0) is 12.0. The average molecular weight is 230 g/mol. The fourth-order valence-corrected chi connectivity index (χ4v) is 2.60. The first-order chi connectivity index (χ1) is 7.68. The Bertz CT molecular complexity index is 195. The molecular formula is C12H26N2O2. The normalized spacial score (nSPS) is 24.0. The van der Waals surface area contributed by atoms with Gasteiger partial charge in [-0.25, -0.2) is 0 Å². The van der Waals surface area contributed by atoms with Crippen molar-refractivity contribution in [1.82, 2.24) is 5.43 Å². The second kappa shape index (κ2) is 6.55. The highest BCUT2D eigenvalue weighted by atomic mass is 16.5. The van der Waals surface area contributed by atoms with E-state index in [4.69, 9.17) is 15.3 Å². The van der Waals surface area contributed by atoms with E-state index in [9.17, 15) is 0 Å². The molecule has 1 saturated heterocycles. The third-order valence-electron chi connectivity index (χ3n) is 3.75. The molecule has 4 heteroatoms. The van der Waals surface area contributed by atoms with Gasteiger partial charge in [-0.1, -0.05) is 6.92 Å². The standard InChI is InChI=1S/C12H26N2O2/c1-4-12(3,16-5-2)11(14-13)10-6-8-15-9-7-10/h10-11,14H,4-9,13H2,1-3H3. The monoisotopic (exact) mass is 230 g/mol. The average Bonchev–Trinajstić information content (AvgIpc) is 2.31. The Kier molecular flexibility index (Phi) is 5.69. The lowest BCUT2D eigenvalue weighted by Gasteiger charge is -2.42. The van der Waals surface area contributed by atoms with Crippen molar-refractivity contribution in [3.05, 3.63) is 0 Å². The number of nitrogens with two attached hydrogens (primary N) is 1. The van der Waals surface area contributed by atoms with E-state index in [-0.39, 0.29) is 11.6 Å². The molecule has 0 saturated carbocycles. The third-order valence-corrected chi connectivity index (χ3v) is 3.75. The number of rotatable bonds is 6. The van der Waals surface area contributed by atoms with Crippen molar-refractivity contribution in [3.63, 3.8) is 0 Å². The summed E-state index contributed by atoms with van der Waals surface area (Å²) in [6.07, 6.45) is 3.10. The Morgan fingerprint density at radius 1 is 1.44 bits per heavy atom. The van der Waals surface area contributed by atoms with E-state index in [2.05, 4.69) is 19.3 Å². The third kappa shape index (κ3) is 3.17. The molecule has 2 unspecified atom stereocenters. The molecule has 4 nitrogen and oxygen atoms in total. The highest BCUT2D eigenvalue weighted by molar-refractivity contribution is 4.92. The molecule has 1 aliphatic heterocycles. The lowest BCUT2D eigenvalue weighted by Crippen LogP contribution is -2.57. The van der Waals surface area contributed by atoms with Gasteiger partial charge in [0, 0.05) is 19.8 Å². The number of ether oxygens (including phenoxy) is 2. The van der Waals surface area contributed by atoms with E-state index in [0.717, 1.165) is 39.1 Å². The smallest absolute Gasteiger partial charge is 0.0820 e. The van der Waals surface area contributed by atoms with Gasteiger partial charge >= 0.3 is 0 Å². The minimum Gasteiger partial charge on any atom is -0.381 e. The number of nitrogens with one attached hydrogen (secondary N) is 1. The summed E-state index contributed by atoms with van der Waals surface area (Å²) in [7, 11) is 0. The molecule has 1 heterocycles. The Hall–Kier alpha value is -0.160. The SMILES string of the molecule is CCOC(C)(CC)C(NN)C1CCOCC1. The Morgan fingerprint density at radius 2 is 2.06 bits per heavy atom. The molecule has 1 aliphatic rings. The molecule has 16 heavy (non-hydrogen) atoms. The molecule has 0 amide bonds. The maximum atomic E-state index is 5.90. The van der Waals surface area contributed by atoms with Crippen LogP contribution < -0.4 is 11.3 Å². The topological polar surface area (TPSA) is 56.5 Å². The summed E-state index contributed by atoms with van der Waals surface area (Å²) in [5, 5.41) is 0. The van der Waals surface area contributed by atoms with Crippen LogP contribution in [0.15, 0.2) is 0 Å². The van der Waals surface area contributed by atoms with Crippen molar-refractivity contribution in [2.75, 3.05) is 19.8 Å². The minimum atomic E-state index is -0.175. The van der Waals surface area contributed by atoms with Crippen molar-refractivity contribution < 1.29 is 9.47 Å². The van der Waals surface area contributed by atoms with Crippen molar-refractivity contribution in [1.29, 1.82) is 0 Å². The summed E-state index contributed by atoms with van der Waals surface area (Å²) in [4.78, 5) is 0. The summed E-state index contributed by atoms with van der Waals surface area (Å²) < 4.78 is 11.3. The van der Waals surface area contributed by atoms with Crippen LogP contribution in [0.4, 0.5) is 0 Å². The summed E-state index contributed by atoms with van der Waals surface area (Å²) in [5.41, 5.74) is 2.79. The summed E-state index contributed by atoms with van der Waals surface area (Å²) in [6.45, 7) is 8.75. The fourth-order valence-electron chi connectivity index (χ4n) is 2.60. The van der Waals surface area contributed by atoms with Gasteiger partial charge in [0.15, 0.2) is 0 Å². The molecule has 0 aromatic rings. The maximum Gasteiger partial charge on any atom is 0.0820 e. The van der Waals surface area contributed by atoms with Crippen molar-refractivity contribution in [2.45, 2.75) is 51.7 Å². The van der Waals surface area contributed by atoms with Crippen LogP contribution in [0.25, 0.3) is 0 Å². The van der Waals surface area contributed by atoms with Crippen molar-refractivity contribution in [2.24, 2.45) is 11.8 Å². The van der Waals surface area contributed by atoms with Gasteiger partial charge in [-0.3, -0.25) is 11.3 Å². The molecule has 3 N–H and O–H groups in total. The molecule has 1 fully saturated rings. The molecule has 0 aromatic carbocycles. The lowest BCUT2D eigenvalue weighted by atomic mass is 9.80. The molecule has 0 radical (unpaired) electrons. The first kappa shape index (κ1) is 13.9.